The van der Waals surface area contributed by atoms with Gasteiger partial charge in [0.05, 0.1) is 0 Å². The van der Waals surface area contributed by atoms with Gasteiger partial charge in [-0.15, -0.1) is 0 Å². The first kappa shape index (κ1) is 16.7. The Bertz CT molecular complexity index is 710. The monoisotopic (exact) mass is 326 g/mol. The van der Waals surface area contributed by atoms with Gasteiger partial charge in [-0.2, -0.15) is 0 Å². The minimum absolute atomic E-state index is 0.00575. The quantitative estimate of drug-likeness (QED) is 0.847. The van der Waals surface area contributed by atoms with E-state index in [1.165, 1.54) is 17.7 Å². The van der Waals surface area contributed by atoms with Gasteiger partial charge >= 0.3 is 0 Å². The highest BCUT2D eigenvalue weighted by molar-refractivity contribution is 5.83. The molecule has 1 saturated carbocycles. The Balaban J connectivity index is 1.82. The Morgan fingerprint density at radius 2 is 1.79 bits per heavy atom. The van der Waals surface area contributed by atoms with Crippen molar-refractivity contribution in [1.82, 2.24) is 10.6 Å². The van der Waals surface area contributed by atoms with Crippen LogP contribution >= 0.6 is 0 Å². The lowest BCUT2D eigenvalue weighted by Crippen LogP contribution is -2.39. The molecule has 0 bridgehead atoms. The fraction of sp³-hybridized carbons (Fsp3) is 0.350. The van der Waals surface area contributed by atoms with Crippen molar-refractivity contribution in [3.05, 3.63) is 71.0 Å². The second-order valence-electron chi connectivity index (χ2n) is 6.51. The van der Waals surface area contributed by atoms with Gasteiger partial charge in [0.15, 0.2) is 0 Å². The van der Waals surface area contributed by atoms with E-state index in [2.05, 4.69) is 29.7 Å². The van der Waals surface area contributed by atoms with E-state index in [9.17, 15) is 9.18 Å². The fourth-order valence-electron chi connectivity index (χ4n) is 2.90. The summed E-state index contributed by atoms with van der Waals surface area (Å²) in [4.78, 5) is 12.7. The first-order valence-electron chi connectivity index (χ1n) is 8.42. The Hall–Kier alpha value is -2.20. The first-order chi connectivity index (χ1) is 11.5. The molecule has 1 aliphatic rings. The summed E-state index contributed by atoms with van der Waals surface area (Å²) in [6, 6.07) is 14.1. The molecule has 2 N–H and O–H groups in total. The minimum atomic E-state index is -0.499. The molecule has 0 radical (unpaired) electrons. The van der Waals surface area contributed by atoms with Gasteiger partial charge < -0.3 is 5.32 Å². The van der Waals surface area contributed by atoms with Gasteiger partial charge in [-0.05, 0) is 55.5 Å². The van der Waals surface area contributed by atoms with Crippen molar-refractivity contribution < 1.29 is 9.18 Å². The molecule has 1 amide bonds. The van der Waals surface area contributed by atoms with E-state index in [1.807, 2.05) is 19.1 Å². The third kappa shape index (κ3) is 4.01. The molecule has 1 aliphatic carbocycles. The summed E-state index contributed by atoms with van der Waals surface area (Å²) in [5.74, 6) is -0.350. The molecule has 0 spiro atoms. The number of aryl methyl sites for hydroxylation is 1. The molecule has 4 heteroatoms. The van der Waals surface area contributed by atoms with Crippen molar-refractivity contribution >= 4 is 5.91 Å². The molecule has 3 rings (SSSR count). The molecule has 126 valence electrons. The maximum Gasteiger partial charge on any atom is 0.241 e. The van der Waals surface area contributed by atoms with Crippen LogP contribution in [0.15, 0.2) is 48.5 Å². The van der Waals surface area contributed by atoms with E-state index in [4.69, 9.17) is 0 Å². The third-order valence-electron chi connectivity index (χ3n) is 4.46. The third-order valence-corrected chi connectivity index (χ3v) is 4.46. The van der Waals surface area contributed by atoms with Crippen LogP contribution in [-0.2, 0) is 4.79 Å². The number of benzene rings is 2. The number of carbonyl (C=O) groups excluding carboxylic acids is 1. The number of halogens is 1. The van der Waals surface area contributed by atoms with Gasteiger partial charge in [-0.3, -0.25) is 10.1 Å². The second-order valence-corrected chi connectivity index (χ2v) is 6.51. The highest BCUT2D eigenvalue weighted by atomic mass is 19.1. The van der Waals surface area contributed by atoms with Gasteiger partial charge in [0, 0.05) is 12.1 Å². The Kier molecular flexibility index (Phi) is 4.95. The topological polar surface area (TPSA) is 41.1 Å². The zero-order chi connectivity index (χ0) is 17.1. The van der Waals surface area contributed by atoms with Crippen LogP contribution < -0.4 is 10.6 Å². The van der Waals surface area contributed by atoms with Crippen LogP contribution in [0, 0.1) is 12.7 Å². The lowest BCUT2D eigenvalue weighted by molar-refractivity contribution is -0.123. The molecular formula is C20H23FN2O. The molecule has 2 aromatic carbocycles. The van der Waals surface area contributed by atoms with Crippen molar-refractivity contribution in [2.75, 3.05) is 0 Å². The number of hydrogen-bond acceptors (Lipinski definition) is 2. The summed E-state index contributed by atoms with van der Waals surface area (Å²) in [7, 11) is 0. The first-order valence-corrected chi connectivity index (χ1v) is 8.42. The van der Waals surface area contributed by atoms with Crippen molar-refractivity contribution in [2.45, 2.75) is 44.8 Å². The number of amides is 1. The maximum absolute atomic E-state index is 13.2. The van der Waals surface area contributed by atoms with E-state index in [1.54, 1.807) is 12.1 Å². The van der Waals surface area contributed by atoms with Crippen molar-refractivity contribution in [1.29, 1.82) is 0 Å². The van der Waals surface area contributed by atoms with Gasteiger partial charge in [-0.1, -0.05) is 36.4 Å². The van der Waals surface area contributed by atoms with Gasteiger partial charge in [-0.25, -0.2) is 4.39 Å². The Labute approximate surface area is 142 Å². The van der Waals surface area contributed by atoms with Crippen LogP contribution in [0.3, 0.4) is 0 Å². The molecule has 0 saturated heterocycles. The summed E-state index contributed by atoms with van der Waals surface area (Å²) in [5.41, 5.74) is 3.11. The molecule has 3 nitrogen and oxygen atoms in total. The van der Waals surface area contributed by atoms with E-state index < -0.39 is 6.04 Å². The lowest BCUT2D eigenvalue weighted by atomic mass is 9.99. The molecule has 24 heavy (non-hydrogen) atoms. The van der Waals surface area contributed by atoms with Gasteiger partial charge in [0.25, 0.3) is 0 Å². The SMILES string of the molecule is Cc1ccccc1[C@@H](C)N[C@H](C(=O)NC1CC1)c1ccc(F)cc1. The van der Waals surface area contributed by atoms with Crippen LogP contribution in [-0.4, -0.2) is 11.9 Å². The summed E-state index contributed by atoms with van der Waals surface area (Å²) in [6.45, 7) is 4.11. The van der Waals surface area contributed by atoms with E-state index >= 15 is 0 Å². The number of nitrogens with one attached hydrogen (secondary N) is 2. The summed E-state index contributed by atoms with van der Waals surface area (Å²) in [5, 5.41) is 6.45. The van der Waals surface area contributed by atoms with E-state index in [0.717, 1.165) is 24.0 Å². The predicted molar refractivity (Wildman–Crippen MR) is 93.0 cm³/mol. The smallest absolute Gasteiger partial charge is 0.241 e. The largest absolute Gasteiger partial charge is 0.352 e. The van der Waals surface area contributed by atoms with Crippen molar-refractivity contribution in [3.63, 3.8) is 0 Å². The number of carbonyl (C=O) groups is 1. The maximum atomic E-state index is 13.2. The van der Waals surface area contributed by atoms with Crippen molar-refractivity contribution in [3.8, 4) is 0 Å². The normalized spacial score (nSPS) is 16.5. The average Bonchev–Trinajstić information content (AvgIpc) is 3.37. The molecule has 2 atom stereocenters. The van der Waals surface area contributed by atoms with Gasteiger partial charge in [0.2, 0.25) is 5.91 Å². The molecular weight excluding hydrogens is 303 g/mol. The standard InChI is InChI=1S/C20H23FN2O/c1-13-5-3-4-6-18(13)14(2)22-19(20(24)23-17-11-12-17)15-7-9-16(21)10-8-15/h3-10,14,17,19,22H,11-12H2,1-2H3,(H,23,24)/t14-,19+/m1/s1. The van der Waals surface area contributed by atoms with Crippen LogP contribution in [0.5, 0.6) is 0 Å². The molecule has 0 heterocycles. The summed E-state index contributed by atoms with van der Waals surface area (Å²) in [6.07, 6.45) is 2.07. The Morgan fingerprint density at radius 3 is 2.42 bits per heavy atom. The highest BCUT2D eigenvalue weighted by Gasteiger charge is 2.29. The van der Waals surface area contributed by atoms with Crippen LogP contribution in [0.4, 0.5) is 4.39 Å². The number of rotatable bonds is 6. The summed E-state index contributed by atoms with van der Waals surface area (Å²) >= 11 is 0. The van der Waals surface area contributed by atoms with E-state index in [-0.39, 0.29) is 23.8 Å². The zero-order valence-corrected chi connectivity index (χ0v) is 14.1. The second kappa shape index (κ2) is 7.14. The number of hydrogen-bond donors (Lipinski definition) is 2. The molecule has 1 fully saturated rings. The van der Waals surface area contributed by atoms with E-state index in [0.29, 0.717) is 0 Å². The van der Waals surface area contributed by atoms with Crippen LogP contribution in [0.2, 0.25) is 0 Å². The predicted octanol–water partition coefficient (Wildman–Crippen LogP) is 3.80. The fourth-order valence-corrected chi connectivity index (χ4v) is 2.90. The van der Waals surface area contributed by atoms with Crippen LogP contribution in [0.25, 0.3) is 0 Å². The molecule has 2 aromatic rings. The lowest BCUT2D eigenvalue weighted by Gasteiger charge is -2.24. The van der Waals surface area contributed by atoms with Crippen molar-refractivity contribution in [2.24, 2.45) is 0 Å². The molecule has 0 aliphatic heterocycles. The minimum Gasteiger partial charge on any atom is -0.352 e. The zero-order valence-electron chi connectivity index (χ0n) is 14.1. The Morgan fingerprint density at radius 1 is 1.12 bits per heavy atom. The van der Waals surface area contributed by atoms with Crippen LogP contribution in [0.1, 0.15) is 48.5 Å². The van der Waals surface area contributed by atoms with Gasteiger partial charge in [0.1, 0.15) is 11.9 Å². The molecule has 0 unspecified atom stereocenters. The summed E-state index contributed by atoms with van der Waals surface area (Å²) < 4.78 is 13.2. The average molecular weight is 326 g/mol. The highest BCUT2D eigenvalue weighted by Crippen LogP contribution is 2.25. The molecule has 0 aromatic heterocycles.